The Labute approximate surface area is 184 Å². The molecular formula is C21H20Cl2N4O3. The van der Waals surface area contributed by atoms with Crippen molar-refractivity contribution < 1.29 is 14.3 Å². The molecule has 1 heterocycles. The Hall–Kier alpha value is -3.03. The van der Waals surface area contributed by atoms with Gasteiger partial charge in [-0.05, 0) is 42.8 Å². The van der Waals surface area contributed by atoms with Gasteiger partial charge in [-0.15, -0.1) is 0 Å². The first kappa shape index (κ1) is 21.7. The molecule has 0 aliphatic rings. The van der Waals surface area contributed by atoms with Crippen LogP contribution in [0.15, 0.2) is 47.6 Å². The van der Waals surface area contributed by atoms with E-state index in [1.54, 1.807) is 22.9 Å². The van der Waals surface area contributed by atoms with Crippen LogP contribution in [0.2, 0.25) is 10.2 Å². The summed E-state index contributed by atoms with van der Waals surface area (Å²) in [6, 6.07) is 12.3. The lowest BCUT2D eigenvalue weighted by atomic mass is 10.2. The Morgan fingerprint density at radius 1 is 1.13 bits per heavy atom. The zero-order chi connectivity index (χ0) is 21.7. The molecule has 9 heteroatoms. The molecule has 0 saturated heterocycles. The molecule has 2 aromatic carbocycles. The minimum absolute atomic E-state index is 0.381. The molecule has 0 aliphatic carbocycles. The second-order valence-electron chi connectivity index (χ2n) is 6.34. The van der Waals surface area contributed by atoms with E-state index in [1.165, 1.54) is 20.4 Å². The Kier molecular flexibility index (Phi) is 6.97. The topological polar surface area (TPSA) is 77.7 Å². The lowest BCUT2D eigenvalue weighted by Gasteiger charge is -2.08. The second kappa shape index (κ2) is 9.65. The van der Waals surface area contributed by atoms with Gasteiger partial charge in [-0.2, -0.15) is 10.2 Å². The molecule has 30 heavy (non-hydrogen) atoms. The summed E-state index contributed by atoms with van der Waals surface area (Å²) in [7, 11) is 3.03. The maximum Gasteiger partial charge on any atom is 0.271 e. The highest BCUT2D eigenvalue weighted by atomic mass is 35.5. The maximum atomic E-state index is 12.4. The van der Waals surface area contributed by atoms with Gasteiger partial charge in [0.05, 0.1) is 38.2 Å². The summed E-state index contributed by atoms with van der Waals surface area (Å²) in [6.45, 7) is 2.31. The van der Waals surface area contributed by atoms with Crippen LogP contribution in [-0.4, -0.2) is 36.1 Å². The van der Waals surface area contributed by atoms with Crippen LogP contribution < -0.4 is 14.9 Å². The molecule has 0 aliphatic heterocycles. The molecule has 0 bridgehead atoms. The molecule has 1 N–H and O–H groups in total. The molecule has 1 aromatic heterocycles. The van der Waals surface area contributed by atoms with Crippen molar-refractivity contribution in [1.29, 1.82) is 0 Å². The first-order chi connectivity index (χ1) is 14.4. The van der Waals surface area contributed by atoms with Crippen LogP contribution in [0.5, 0.6) is 11.5 Å². The van der Waals surface area contributed by atoms with E-state index in [9.17, 15) is 4.79 Å². The molecular weight excluding hydrogens is 427 g/mol. The number of hydrazone groups is 1. The summed E-state index contributed by atoms with van der Waals surface area (Å²) < 4.78 is 12.0. The average Bonchev–Trinajstić information content (AvgIpc) is 3.02. The number of amides is 1. The van der Waals surface area contributed by atoms with E-state index < -0.39 is 5.91 Å². The van der Waals surface area contributed by atoms with Crippen LogP contribution in [-0.2, 0) is 6.54 Å². The summed E-state index contributed by atoms with van der Waals surface area (Å²) in [5.74, 6) is 0.596. The molecule has 0 atom stereocenters. The molecule has 0 saturated carbocycles. The minimum Gasteiger partial charge on any atom is -0.493 e. The predicted octanol–water partition coefficient (Wildman–Crippen LogP) is 4.33. The fraction of sp³-hybridized carbons (Fsp3) is 0.190. The van der Waals surface area contributed by atoms with Crippen LogP contribution >= 0.6 is 23.2 Å². The fourth-order valence-electron chi connectivity index (χ4n) is 2.78. The first-order valence-corrected chi connectivity index (χ1v) is 9.71. The summed E-state index contributed by atoms with van der Waals surface area (Å²) >= 11 is 12.4. The van der Waals surface area contributed by atoms with E-state index in [-0.39, 0.29) is 0 Å². The Morgan fingerprint density at radius 2 is 1.83 bits per heavy atom. The van der Waals surface area contributed by atoms with Crippen molar-refractivity contribution in [2.75, 3.05) is 14.2 Å². The number of aryl methyl sites for hydroxylation is 1. The molecule has 0 unspecified atom stereocenters. The predicted molar refractivity (Wildman–Crippen MR) is 117 cm³/mol. The Balaban J connectivity index is 1.71. The van der Waals surface area contributed by atoms with Crippen molar-refractivity contribution in [3.63, 3.8) is 0 Å². The highest BCUT2D eigenvalue weighted by Gasteiger charge is 2.13. The third-order valence-electron chi connectivity index (χ3n) is 4.36. The van der Waals surface area contributed by atoms with Gasteiger partial charge >= 0.3 is 0 Å². The lowest BCUT2D eigenvalue weighted by molar-refractivity contribution is 0.0954. The molecule has 3 rings (SSSR count). The van der Waals surface area contributed by atoms with Crippen LogP contribution in [0.4, 0.5) is 0 Å². The summed E-state index contributed by atoms with van der Waals surface area (Å²) in [5, 5.41) is 9.55. The van der Waals surface area contributed by atoms with Gasteiger partial charge in [-0.25, -0.2) is 10.1 Å². The van der Waals surface area contributed by atoms with Crippen molar-refractivity contribution in [2.24, 2.45) is 5.10 Å². The monoisotopic (exact) mass is 446 g/mol. The Morgan fingerprint density at radius 3 is 2.50 bits per heavy atom. The van der Waals surface area contributed by atoms with Gasteiger partial charge in [0.1, 0.15) is 5.15 Å². The standard InChI is InChI=1S/C21H20Cl2N4O3/c1-13-17(20(23)27(26-13)12-14-4-7-16(22)8-5-14)11-24-25-21(28)15-6-9-18(29-2)19(10-15)30-3/h4-11H,12H2,1-3H3,(H,25,28)/b24-11-. The number of ether oxygens (including phenoxy) is 2. The zero-order valence-electron chi connectivity index (χ0n) is 16.6. The molecule has 7 nitrogen and oxygen atoms in total. The number of nitrogens with one attached hydrogen (secondary N) is 1. The quantitative estimate of drug-likeness (QED) is 0.432. The minimum atomic E-state index is -0.394. The number of rotatable bonds is 7. The number of carbonyl (C=O) groups excluding carboxylic acids is 1. The lowest BCUT2D eigenvalue weighted by Crippen LogP contribution is -2.17. The summed E-state index contributed by atoms with van der Waals surface area (Å²) in [6.07, 6.45) is 1.47. The fourth-order valence-corrected chi connectivity index (χ4v) is 3.19. The largest absolute Gasteiger partial charge is 0.493 e. The molecule has 0 radical (unpaired) electrons. The maximum absolute atomic E-state index is 12.4. The number of hydrogen-bond acceptors (Lipinski definition) is 5. The van der Waals surface area contributed by atoms with Crippen LogP contribution in [0.3, 0.4) is 0 Å². The number of benzene rings is 2. The van der Waals surface area contributed by atoms with E-state index in [0.29, 0.717) is 45.0 Å². The zero-order valence-corrected chi connectivity index (χ0v) is 18.2. The molecule has 3 aromatic rings. The van der Waals surface area contributed by atoms with Crippen molar-refractivity contribution >= 4 is 35.3 Å². The SMILES string of the molecule is COc1ccc(C(=O)N/N=C\c2c(C)nn(Cc3ccc(Cl)cc3)c2Cl)cc1OC. The van der Waals surface area contributed by atoms with E-state index in [4.69, 9.17) is 32.7 Å². The highest BCUT2D eigenvalue weighted by molar-refractivity contribution is 6.32. The number of carbonyl (C=O) groups is 1. The van der Waals surface area contributed by atoms with E-state index in [0.717, 1.165) is 5.56 Å². The van der Waals surface area contributed by atoms with Crippen LogP contribution in [0.25, 0.3) is 0 Å². The number of aromatic nitrogens is 2. The number of hydrogen-bond donors (Lipinski definition) is 1. The van der Waals surface area contributed by atoms with Gasteiger partial charge in [0.25, 0.3) is 5.91 Å². The normalized spacial score (nSPS) is 11.0. The Bertz CT molecular complexity index is 1080. The van der Waals surface area contributed by atoms with Gasteiger partial charge in [-0.1, -0.05) is 35.3 Å². The van der Waals surface area contributed by atoms with Gasteiger partial charge in [0.15, 0.2) is 11.5 Å². The highest BCUT2D eigenvalue weighted by Crippen LogP contribution is 2.27. The van der Waals surface area contributed by atoms with Crippen molar-refractivity contribution in [1.82, 2.24) is 15.2 Å². The third-order valence-corrected chi connectivity index (χ3v) is 5.01. The van der Waals surface area contributed by atoms with E-state index in [2.05, 4.69) is 15.6 Å². The molecule has 0 spiro atoms. The average molecular weight is 447 g/mol. The summed E-state index contributed by atoms with van der Waals surface area (Å²) in [5.41, 5.74) is 5.18. The number of nitrogens with zero attached hydrogens (tertiary/aromatic N) is 3. The second-order valence-corrected chi connectivity index (χ2v) is 7.14. The number of halogens is 2. The van der Waals surface area contributed by atoms with Crippen LogP contribution in [0, 0.1) is 6.92 Å². The van der Waals surface area contributed by atoms with Crippen molar-refractivity contribution in [2.45, 2.75) is 13.5 Å². The van der Waals surface area contributed by atoms with E-state index >= 15 is 0 Å². The molecule has 1 amide bonds. The van der Waals surface area contributed by atoms with Crippen molar-refractivity contribution in [3.8, 4) is 11.5 Å². The molecule has 0 fully saturated rings. The summed E-state index contributed by atoms with van der Waals surface area (Å²) in [4.78, 5) is 12.4. The van der Waals surface area contributed by atoms with Gasteiger partial charge in [0, 0.05) is 10.6 Å². The first-order valence-electron chi connectivity index (χ1n) is 8.95. The van der Waals surface area contributed by atoms with Gasteiger partial charge < -0.3 is 9.47 Å². The van der Waals surface area contributed by atoms with Crippen LogP contribution in [0.1, 0.15) is 27.2 Å². The van der Waals surface area contributed by atoms with Gasteiger partial charge in [-0.3, -0.25) is 4.79 Å². The smallest absolute Gasteiger partial charge is 0.271 e. The third kappa shape index (κ3) is 4.93. The number of methoxy groups -OCH3 is 2. The van der Waals surface area contributed by atoms with Gasteiger partial charge in [0.2, 0.25) is 0 Å². The van der Waals surface area contributed by atoms with E-state index in [1.807, 2.05) is 31.2 Å². The van der Waals surface area contributed by atoms with Crippen molar-refractivity contribution in [3.05, 3.63) is 75.0 Å². The molecule has 156 valence electrons.